The van der Waals surface area contributed by atoms with Crippen LogP contribution in [0.2, 0.25) is 0 Å². The third-order valence-corrected chi connectivity index (χ3v) is 2.50. The average Bonchev–Trinajstić information content (AvgIpc) is 2.18. The molecular weight excluding hydrogens is 232 g/mol. The SMILES string of the molecule is CCOC(=O)C1=CCCC=C1CBr. The van der Waals surface area contributed by atoms with Crippen molar-refractivity contribution in [3.05, 3.63) is 23.3 Å². The number of hydrogen-bond acceptors (Lipinski definition) is 2. The van der Waals surface area contributed by atoms with E-state index in [9.17, 15) is 4.79 Å². The van der Waals surface area contributed by atoms with Gasteiger partial charge >= 0.3 is 5.97 Å². The zero-order valence-corrected chi connectivity index (χ0v) is 9.26. The van der Waals surface area contributed by atoms with Gasteiger partial charge in [-0.15, -0.1) is 0 Å². The van der Waals surface area contributed by atoms with Gasteiger partial charge in [0, 0.05) is 5.33 Å². The van der Waals surface area contributed by atoms with Crippen LogP contribution in [0.15, 0.2) is 23.3 Å². The fraction of sp³-hybridized carbons (Fsp3) is 0.500. The van der Waals surface area contributed by atoms with Gasteiger partial charge < -0.3 is 4.74 Å². The second-order valence-corrected chi connectivity index (χ2v) is 3.34. The topological polar surface area (TPSA) is 26.3 Å². The lowest BCUT2D eigenvalue weighted by Gasteiger charge is -2.12. The third kappa shape index (κ3) is 2.69. The highest BCUT2D eigenvalue weighted by Crippen LogP contribution is 2.21. The summed E-state index contributed by atoms with van der Waals surface area (Å²) in [6, 6.07) is 0. The van der Waals surface area contributed by atoms with E-state index >= 15 is 0 Å². The van der Waals surface area contributed by atoms with Gasteiger partial charge in [-0.2, -0.15) is 0 Å². The first kappa shape index (κ1) is 10.5. The van der Waals surface area contributed by atoms with Crippen molar-refractivity contribution < 1.29 is 9.53 Å². The van der Waals surface area contributed by atoms with E-state index in [4.69, 9.17) is 4.74 Å². The molecule has 1 aliphatic rings. The van der Waals surface area contributed by atoms with Gasteiger partial charge in [-0.05, 0) is 25.3 Å². The number of rotatable bonds is 3. The molecular formula is C10H13BrO2. The Kier molecular flexibility index (Phi) is 4.22. The lowest BCUT2D eigenvalue weighted by atomic mass is 9.99. The molecule has 0 radical (unpaired) electrons. The van der Waals surface area contributed by atoms with Crippen molar-refractivity contribution in [2.24, 2.45) is 0 Å². The van der Waals surface area contributed by atoms with Crippen molar-refractivity contribution in [2.75, 3.05) is 11.9 Å². The van der Waals surface area contributed by atoms with Gasteiger partial charge in [0.05, 0.1) is 12.2 Å². The Hall–Kier alpha value is -0.570. The smallest absolute Gasteiger partial charge is 0.338 e. The van der Waals surface area contributed by atoms with Crippen LogP contribution in [0.3, 0.4) is 0 Å². The Labute approximate surface area is 86.8 Å². The molecule has 13 heavy (non-hydrogen) atoms. The van der Waals surface area contributed by atoms with Gasteiger partial charge in [0.25, 0.3) is 0 Å². The van der Waals surface area contributed by atoms with Crippen LogP contribution in [-0.2, 0) is 9.53 Å². The molecule has 0 aliphatic heterocycles. The second kappa shape index (κ2) is 5.22. The standard InChI is InChI=1S/C10H13BrO2/c1-2-13-10(12)9-6-4-3-5-8(9)7-11/h5-6H,2-4,7H2,1H3. The minimum atomic E-state index is -0.201. The van der Waals surface area contributed by atoms with Crippen LogP contribution in [0.1, 0.15) is 19.8 Å². The van der Waals surface area contributed by atoms with E-state index < -0.39 is 0 Å². The summed E-state index contributed by atoms with van der Waals surface area (Å²) in [6.07, 6.45) is 5.99. The summed E-state index contributed by atoms with van der Waals surface area (Å²) in [5.74, 6) is -0.201. The van der Waals surface area contributed by atoms with Gasteiger partial charge in [0.2, 0.25) is 0 Å². The third-order valence-electron chi connectivity index (χ3n) is 1.89. The van der Waals surface area contributed by atoms with E-state index in [2.05, 4.69) is 22.0 Å². The molecule has 0 amide bonds. The summed E-state index contributed by atoms with van der Waals surface area (Å²) in [6.45, 7) is 2.25. The zero-order valence-electron chi connectivity index (χ0n) is 7.68. The van der Waals surface area contributed by atoms with E-state index in [1.54, 1.807) is 0 Å². The van der Waals surface area contributed by atoms with Crippen molar-refractivity contribution in [1.29, 1.82) is 0 Å². The number of alkyl halides is 1. The molecule has 1 rings (SSSR count). The Balaban J connectivity index is 2.71. The minimum absolute atomic E-state index is 0.201. The van der Waals surface area contributed by atoms with Crippen LogP contribution < -0.4 is 0 Å². The first-order chi connectivity index (χ1) is 6.29. The maximum atomic E-state index is 11.4. The Bertz CT molecular complexity index is 254. The lowest BCUT2D eigenvalue weighted by molar-refractivity contribution is -0.138. The summed E-state index contributed by atoms with van der Waals surface area (Å²) in [4.78, 5) is 11.4. The molecule has 0 bridgehead atoms. The van der Waals surface area contributed by atoms with Crippen molar-refractivity contribution in [3.63, 3.8) is 0 Å². The number of hydrogen-bond donors (Lipinski definition) is 0. The molecule has 0 aromatic carbocycles. The molecule has 1 aliphatic carbocycles. The van der Waals surface area contributed by atoms with Gasteiger partial charge in [-0.25, -0.2) is 4.79 Å². The molecule has 0 saturated heterocycles. The fourth-order valence-corrected chi connectivity index (χ4v) is 1.81. The molecule has 3 heteroatoms. The first-order valence-electron chi connectivity index (χ1n) is 4.42. The quantitative estimate of drug-likeness (QED) is 0.564. The van der Waals surface area contributed by atoms with Crippen LogP contribution in [0.25, 0.3) is 0 Å². The lowest BCUT2D eigenvalue weighted by Crippen LogP contribution is -2.12. The van der Waals surface area contributed by atoms with Gasteiger partial charge in [-0.1, -0.05) is 28.1 Å². The van der Waals surface area contributed by atoms with Crippen LogP contribution in [-0.4, -0.2) is 17.9 Å². The van der Waals surface area contributed by atoms with Crippen LogP contribution in [0, 0.1) is 0 Å². The maximum Gasteiger partial charge on any atom is 0.338 e. The Morgan fingerprint density at radius 3 is 2.85 bits per heavy atom. The van der Waals surface area contributed by atoms with Gasteiger partial charge in [0.1, 0.15) is 0 Å². The molecule has 72 valence electrons. The first-order valence-corrected chi connectivity index (χ1v) is 5.54. The monoisotopic (exact) mass is 244 g/mol. The highest BCUT2D eigenvalue weighted by molar-refractivity contribution is 9.09. The molecule has 0 aromatic rings. The maximum absolute atomic E-state index is 11.4. The van der Waals surface area contributed by atoms with E-state index in [0.29, 0.717) is 6.61 Å². The van der Waals surface area contributed by atoms with Crippen LogP contribution in [0.5, 0.6) is 0 Å². The number of esters is 1. The van der Waals surface area contributed by atoms with Crippen molar-refractivity contribution in [2.45, 2.75) is 19.8 Å². The summed E-state index contributed by atoms with van der Waals surface area (Å²) in [5.41, 5.74) is 1.77. The van der Waals surface area contributed by atoms with E-state index in [1.807, 2.05) is 13.0 Å². The predicted octanol–water partition coefficient (Wildman–Crippen LogP) is 2.59. The largest absolute Gasteiger partial charge is 0.462 e. The Morgan fingerprint density at radius 2 is 2.23 bits per heavy atom. The predicted molar refractivity (Wildman–Crippen MR) is 55.8 cm³/mol. The molecule has 0 saturated carbocycles. The summed E-state index contributed by atoms with van der Waals surface area (Å²) in [7, 11) is 0. The molecule has 0 aromatic heterocycles. The average molecular weight is 245 g/mol. The van der Waals surface area contributed by atoms with Crippen molar-refractivity contribution in [1.82, 2.24) is 0 Å². The van der Waals surface area contributed by atoms with E-state index in [0.717, 1.165) is 29.3 Å². The molecule has 0 N–H and O–H groups in total. The number of ether oxygens (including phenoxy) is 1. The summed E-state index contributed by atoms with van der Waals surface area (Å²) >= 11 is 3.35. The van der Waals surface area contributed by atoms with E-state index in [1.165, 1.54) is 0 Å². The van der Waals surface area contributed by atoms with E-state index in [-0.39, 0.29) is 5.97 Å². The number of allylic oxidation sites excluding steroid dienone is 2. The Morgan fingerprint density at radius 1 is 1.54 bits per heavy atom. The normalized spacial score (nSPS) is 16.2. The van der Waals surface area contributed by atoms with Crippen molar-refractivity contribution in [3.8, 4) is 0 Å². The summed E-state index contributed by atoms with van der Waals surface area (Å²) < 4.78 is 4.94. The number of carbonyl (C=O) groups is 1. The van der Waals surface area contributed by atoms with Crippen molar-refractivity contribution >= 4 is 21.9 Å². The molecule has 0 heterocycles. The highest BCUT2D eigenvalue weighted by atomic mass is 79.9. The fourth-order valence-electron chi connectivity index (χ4n) is 1.28. The minimum Gasteiger partial charge on any atom is -0.462 e. The molecule has 0 fully saturated rings. The highest BCUT2D eigenvalue weighted by Gasteiger charge is 2.16. The van der Waals surface area contributed by atoms with Crippen LogP contribution >= 0.6 is 15.9 Å². The van der Waals surface area contributed by atoms with Gasteiger partial charge in [0.15, 0.2) is 0 Å². The van der Waals surface area contributed by atoms with Crippen LogP contribution in [0.4, 0.5) is 0 Å². The molecule has 0 spiro atoms. The molecule has 0 atom stereocenters. The summed E-state index contributed by atoms with van der Waals surface area (Å²) in [5, 5.41) is 0.720. The number of carbonyl (C=O) groups excluding carboxylic acids is 1. The molecule has 0 unspecified atom stereocenters. The molecule has 2 nitrogen and oxygen atoms in total. The zero-order chi connectivity index (χ0) is 9.68. The second-order valence-electron chi connectivity index (χ2n) is 2.78. The number of halogens is 1. The van der Waals surface area contributed by atoms with Gasteiger partial charge in [-0.3, -0.25) is 0 Å².